The Morgan fingerprint density at radius 2 is 0.508 bits per heavy atom. The van der Waals surface area contributed by atoms with Crippen LogP contribution in [0, 0.1) is 0 Å². The summed E-state index contributed by atoms with van der Waals surface area (Å²) in [7, 11) is -8.26. The van der Waals surface area contributed by atoms with Crippen molar-refractivity contribution in [1.29, 1.82) is 0 Å². The second kappa shape index (κ2) is 72.7. The van der Waals surface area contributed by atoms with Gasteiger partial charge < -0.3 is 58.8 Å². The Kier molecular flexibility index (Phi) is 66.1. The molecule has 0 saturated heterocycles. The van der Waals surface area contributed by atoms with Gasteiger partial charge in [-0.3, -0.25) is 19.2 Å². The van der Waals surface area contributed by atoms with E-state index in [9.17, 15) is 29.4 Å². The van der Waals surface area contributed by atoms with Crippen LogP contribution in [0.5, 0.6) is 34.5 Å². The van der Waals surface area contributed by atoms with Crippen molar-refractivity contribution in [2.24, 2.45) is 0 Å². The lowest BCUT2D eigenvalue weighted by molar-refractivity contribution is -0.244. The van der Waals surface area contributed by atoms with Gasteiger partial charge in [-0.25, -0.2) is 5.26 Å². The fraction of sp³-hybridized carbons (Fsp3) is 0.299. The van der Waals surface area contributed by atoms with Gasteiger partial charge >= 0.3 is 29.5 Å². The predicted molar refractivity (Wildman–Crippen MR) is 507 cm³/mol. The molecule has 25 nitrogen and oxygen atoms in total. The quantitative estimate of drug-likeness (QED) is 0.0119. The third kappa shape index (κ3) is 58.6. The molecule has 4 N–H and O–H groups in total. The second-order valence-corrected chi connectivity index (χ2v) is 27.6. The summed E-state index contributed by atoms with van der Waals surface area (Å²) >= 11 is 0. The van der Waals surface area contributed by atoms with Gasteiger partial charge in [0.15, 0.2) is 23.1 Å². The molecular formula is C97H124ClN4O21PS2. The van der Waals surface area contributed by atoms with Crippen LogP contribution in [-0.2, 0) is 62.5 Å². The smallest absolute Gasteiger partial charge is 0.521 e. The van der Waals surface area contributed by atoms with Crippen molar-refractivity contribution in [1.82, 2.24) is 19.6 Å². The fourth-order valence-corrected chi connectivity index (χ4v) is 10.9. The number of aryl methyl sites for hydroxylation is 2. The number of hydrogen-bond donors (Lipinski definition) is 4. The number of hydrogen-bond acceptors (Lipinski definition) is 25. The van der Waals surface area contributed by atoms with Crippen molar-refractivity contribution in [2.45, 2.75) is 82.1 Å². The highest BCUT2D eigenvalue weighted by molar-refractivity contribution is 7.59. The number of ketones is 4. The monoisotopic (exact) mass is 1810 g/mol. The predicted octanol–water partition coefficient (Wildman–Crippen LogP) is 17.1. The average Bonchev–Trinajstić information content (AvgIpc) is 0.911. The fourth-order valence-electron chi connectivity index (χ4n) is 10.9. The minimum atomic E-state index is -3.11. The number of carbonyl (C=O) groups is 4. The molecule has 29 heteroatoms. The Hall–Kier alpha value is -11.5. The molecule has 0 aliphatic carbocycles. The molecule has 0 saturated carbocycles. The number of phenolic OH excluding ortho intramolecular Hbond substituents is 2. The molecule has 682 valence electrons. The Balaban J connectivity index is 0. The lowest BCUT2D eigenvalue weighted by Crippen LogP contribution is -2.27. The van der Waals surface area contributed by atoms with Crippen molar-refractivity contribution < 1.29 is 99.5 Å². The largest absolute Gasteiger partial charge is 0.565 e. The third-order valence-electron chi connectivity index (χ3n) is 17.8. The van der Waals surface area contributed by atoms with E-state index in [-0.39, 0.29) is 48.5 Å². The van der Waals surface area contributed by atoms with Gasteiger partial charge in [0, 0.05) is 39.4 Å². The number of phenols is 2. The summed E-state index contributed by atoms with van der Waals surface area (Å²) in [4.78, 5) is 66.5. The van der Waals surface area contributed by atoms with Gasteiger partial charge in [0.2, 0.25) is 0 Å². The van der Waals surface area contributed by atoms with E-state index in [1.54, 1.807) is 85.0 Å². The second-order valence-electron chi connectivity index (χ2n) is 26.2. The summed E-state index contributed by atoms with van der Waals surface area (Å²) < 4.78 is 85.6. The van der Waals surface area contributed by atoms with Crippen LogP contribution in [-0.4, -0.2) is 201 Å². The van der Waals surface area contributed by atoms with Crippen molar-refractivity contribution in [2.75, 3.05) is 112 Å². The number of allylic oxidation sites excluding steroid dienone is 8. The van der Waals surface area contributed by atoms with E-state index in [0.717, 1.165) is 166 Å². The first-order chi connectivity index (χ1) is 60.2. The van der Waals surface area contributed by atoms with Gasteiger partial charge in [-0.1, -0.05) is 239 Å². The number of rotatable bonds is 43. The summed E-state index contributed by atoms with van der Waals surface area (Å²) in [5.41, 5.74) is 9.91. The number of aliphatic hydroxyl groups excluding tert-OH is 1. The van der Waals surface area contributed by atoms with Crippen LogP contribution in [0.25, 0.3) is 48.6 Å². The maximum Gasteiger partial charge on any atom is 0.521 e. The lowest BCUT2D eigenvalue weighted by atomic mass is 10.1. The summed E-state index contributed by atoms with van der Waals surface area (Å²) in [5, 5.41) is 32.9. The molecular weight excluding hydrogens is 1690 g/mol. The molecule has 0 amide bonds. The maximum absolute atomic E-state index is 12.1. The van der Waals surface area contributed by atoms with E-state index in [0.29, 0.717) is 26.4 Å². The Morgan fingerprint density at radius 3 is 0.683 bits per heavy atom. The van der Waals surface area contributed by atoms with Gasteiger partial charge in [-0.05, 0) is 247 Å². The first-order valence-corrected chi connectivity index (χ1v) is 43.9. The standard InChI is InChI=1S/2C25H31NO2.2C23H27NO3.CH4O.ClH.HO4P.2O3S.H2/c2*1-4-21-9-7-10-22(19-21)13-15-24(27)16-14-23-11-8-12-25(20-23)28-18-17-26(5-2)6-3;2*1-3-24(4-2)15-16-27-23-10-6-8-20(18-23)12-14-21(25)13-11-19-7-5-9-22(26)17-19;1-2;;1-4-5(2)3;2*1-4(2)3;/h2*7-16,19-20H,4-6,17-18H2,1-3H3;2*5-14,17-18,26H,3-4,15-16H2,1-2H3;2H,1H3;1H;1H;;;1H/b2*15-13+,16-14+;2*13-11+,14-12+;;;;;;. The van der Waals surface area contributed by atoms with Crippen molar-refractivity contribution in [3.05, 3.63) is 298 Å². The van der Waals surface area contributed by atoms with Crippen molar-refractivity contribution >= 4 is 114 Å². The molecule has 0 radical (unpaired) electrons. The number of aromatic hydroxyl groups is 2. The van der Waals surface area contributed by atoms with E-state index in [2.05, 4.69) is 118 Å². The zero-order valence-corrected chi connectivity index (χ0v) is 77.0. The molecule has 0 fully saturated rings. The Labute approximate surface area is 755 Å². The molecule has 0 heterocycles. The van der Waals surface area contributed by atoms with Crippen molar-refractivity contribution in [3.8, 4) is 34.5 Å². The Morgan fingerprint density at radius 1 is 0.333 bits per heavy atom. The molecule has 1 unspecified atom stereocenters. The summed E-state index contributed by atoms with van der Waals surface area (Å²) in [6, 6.07) is 61.0. The van der Waals surface area contributed by atoms with Gasteiger partial charge in [0.1, 0.15) is 60.9 Å². The van der Waals surface area contributed by atoms with E-state index in [1.165, 1.54) is 35.4 Å². The van der Waals surface area contributed by atoms with Gasteiger partial charge in [-0.15, -0.1) is 37.7 Å². The normalized spacial score (nSPS) is 11.0. The minimum absolute atomic E-state index is 0. The van der Waals surface area contributed by atoms with E-state index in [1.807, 2.05) is 158 Å². The van der Waals surface area contributed by atoms with E-state index in [4.69, 9.17) is 64.0 Å². The topological polar surface area (TPSA) is 351 Å². The molecule has 8 aromatic carbocycles. The van der Waals surface area contributed by atoms with E-state index >= 15 is 0 Å². The van der Waals surface area contributed by atoms with Crippen LogP contribution in [0.15, 0.2) is 243 Å². The highest BCUT2D eigenvalue weighted by Crippen LogP contribution is 2.21. The first kappa shape index (κ1) is 114. The minimum Gasteiger partial charge on any atom is -0.565 e. The molecule has 8 rings (SSSR count). The van der Waals surface area contributed by atoms with Crippen LogP contribution in [0.3, 0.4) is 0 Å². The van der Waals surface area contributed by atoms with Crippen LogP contribution in [0.1, 0.15) is 126 Å². The Bertz CT molecular complexity index is 4660. The molecule has 0 aliphatic rings. The van der Waals surface area contributed by atoms with Crippen LogP contribution in [0.4, 0.5) is 0 Å². The van der Waals surface area contributed by atoms with Gasteiger partial charge in [0.05, 0.1) is 0 Å². The highest BCUT2D eigenvalue weighted by atomic mass is 35.5. The molecule has 8 aromatic rings. The highest BCUT2D eigenvalue weighted by Gasteiger charge is 2.07. The molecule has 0 aromatic heterocycles. The molecule has 1 atom stereocenters. The number of aliphatic hydroxyl groups is 1. The molecule has 0 spiro atoms. The number of ether oxygens (including phenoxy) is 4. The SMILES string of the molecule is CCN(CC)CCOc1cccc(/C=C/C(=O)/C=C/c2cccc(O)c2)c1.CCN(CC)CCOc1cccc(/C=C/C(=O)/C=C/c2cccc(O)c2)c1.CCc1cccc(/C=C/C(=O)/C=C/c2cccc(OCCN(CC)CC)c2)c1.CCc1cccc(/C=C/C(=O)/C=C/c2cccc(OCCN(CC)CC)c2)c1.CO.Cl.O=S(=O)=O.O=S(=O)=O.O=[P+]([O-])OO.[HH]. The van der Waals surface area contributed by atoms with Gasteiger partial charge in [-0.2, -0.15) is 0 Å². The number of carbonyl (C=O) groups excluding carboxylic acids is 4. The van der Waals surface area contributed by atoms with E-state index < -0.39 is 29.5 Å². The number of nitrogens with zero attached hydrogens (tertiary/aromatic N) is 4. The molecule has 0 aliphatic heterocycles. The maximum atomic E-state index is 12.1. The summed E-state index contributed by atoms with van der Waals surface area (Å²) in [6.45, 7) is 35.8. The number of benzene rings is 8. The zero-order chi connectivity index (χ0) is 92.8. The molecule has 0 bridgehead atoms. The zero-order valence-electron chi connectivity index (χ0n) is 73.6. The van der Waals surface area contributed by atoms with Crippen LogP contribution >= 0.6 is 20.7 Å². The van der Waals surface area contributed by atoms with Crippen LogP contribution in [0.2, 0.25) is 0 Å². The van der Waals surface area contributed by atoms with Crippen LogP contribution < -0.4 is 23.8 Å². The van der Waals surface area contributed by atoms with Gasteiger partial charge in [0.25, 0.3) is 0 Å². The number of halogens is 1. The summed E-state index contributed by atoms with van der Waals surface area (Å²) in [6.07, 6.45) is 28.7. The third-order valence-corrected chi connectivity index (χ3v) is 17.9. The lowest BCUT2D eigenvalue weighted by Gasteiger charge is -2.18. The number of likely N-dealkylation sites (N-methyl/N-ethyl adjacent to an activating group) is 4. The average molecular weight is 1810 g/mol. The first-order valence-electron chi connectivity index (χ1n) is 40.8. The van der Waals surface area contributed by atoms with Crippen molar-refractivity contribution in [3.63, 3.8) is 0 Å². The molecule has 126 heavy (non-hydrogen) atoms. The summed E-state index contributed by atoms with van der Waals surface area (Å²) in [5.74, 6) is 3.30.